The van der Waals surface area contributed by atoms with E-state index in [1.165, 1.54) is 57.8 Å². The van der Waals surface area contributed by atoms with Gasteiger partial charge in [-0.15, -0.1) is 0 Å². The molecule has 0 aromatic heterocycles. The molecular formula is C22H44. The minimum absolute atomic E-state index is 0.914. The second-order valence-corrected chi connectivity index (χ2v) is 7.01. The lowest BCUT2D eigenvalue weighted by Gasteiger charge is -2.33. The van der Waals surface area contributed by atoms with Gasteiger partial charge >= 0.3 is 0 Å². The van der Waals surface area contributed by atoms with Gasteiger partial charge in [0, 0.05) is 0 Å². The van der Waals surface area contributed by atoms with Gasteiger partial charge < -0.3 is 0 Å². The van der Waals surface area contributed by atoms with Gasteiger partial charge in [0.05, 0.1) is 0 Å². The van der Waals surface area contributed by atoms with E-state index in [-0.39, 0.29) is 0 Å². The molecule has 0 aliphatic heterocycles. The van der Waals surface area contributed by atoms with Gasteiger partial charge in [0.15, 0.2) is 0 Å². The van der Waals surface area contributed by atoms with Crippen LogP contribution in [0.5, 0.6) is 0 Å². The Morgan fingerprint density at radius 1 is 0.909 bits per heavy atom. The molecule has 0 aromatic rings. The fraction of sp³-hybridized carbons (Fsp3) is 0.909. The van der Waals surface area contributed by atoms with Crippen LogP contribution in [-0.2, 0) is 0 Å². The first-order valence-electron chi connectivity index (χ1n) is 10.4. The molecule has 2 aliphatic carbocycles. The van der Waals surface area contributed by atoms with Crippen LogP contribution in [0.4, 0.5) is 0 Å². The van der Waals surface area contributed by atoms with Crippen LogP contribution >= 0.6 is 0 Å². The summed E-state index contributed by atoms with van der Waals surface area (Å²) in [7, 11) is 0. The van der Waals surface area contributed by atoms with Crippen LogP contribution in [0.2, 0.25) is 0 Å². The van der Waals surface area contributed by atoms with Gasteiger partial charge in [-0.05, 0) is 49.4 Å². The van der Waals surface area contributed by atoms with Crippen LogP contribution in [0, 0.1) is 23.7 Å². The molecular weight excluding hydrogens is 264 g/mol. The summed E-state index contributed by atoms with van der Waals surface area (Å²) in [6.07, 6.45) is 15.7. The molecule has 0 heteroatoms. The smallest absolute Gasteiger partial charge is 0.0225 e. The summed E-state index contributed by atoms with van der Waals surface area (Å²) >= 11 is 0. The molecule has 132 valence electrons. The van der Waals surface area contributed by atoms with Crippen LogP contribution in [0.1, 0.15) is 106 Å². The van der Waals surface area contributed by atoms with Gasteiger partial charge in [-0.25, -0.2) is 0 Å². The van der Waals surface area contributed by atoms with Gasteiger partial charge in [0.1, 0.15) is 0 Å². The molecule has 22 heavy (non-hydrogen) atoms. The van der Waals surface area contributed by atoms with Crippen LogP contribution in [0.3, 0.4) is 0 Å². The molecule has 0 nitrogen and oxygen atoms in total. The molecule has 2 unspecified atom stereocenters. The fourth-order valence-corrected chi connectivity index (χ4v) is 4.08. The van der Waals surface area contributed by atoms with Crippen molar-refractivity contribution in [3.63, 3.8) is 0 Å². The third kappa shape index (κ3) is 7.84. The van der Waals surface area contributed by atoms with E-state index in [0.717, 1.165) is 23.7 Å². The average molecular weight is 309 g/mol. The summed E-state index contributed by atoms with van der Waals surface area (Å²) in [5.41, 5.74) is 1.75. The van der Waals surface area contributed by atoms with E-state index in [9.17, 15) is 0 Å². The summed E-state index contributed by atoms with van der Waals surface area (Å²) < 4.78 is 0. The highest BCUT2D eigenvalue weighted by atomic mass is 14.3. The van der Waals surface area contributed by atoms with E-state index in [4.69, 9.17) is 0 Å². The number of hydrogen-bond donors (Lipinski definition) is 0. The number of hydrogen-bond acceptors (Lipinski definition) is 0. The monoisotopic (exact) mass is 308 g/mol. The Balaban J connectivity index is 0.00000102. The predicted molar refractivity (Wildman–Crippen MR) is 103 cm³/mol. The van der Waals surface area contributed by atoms with Crippen LogP contribution in [0.25, 0.3) is 0 Å². The van der Waals surface area contributed by atoms with Crippen molar-refractivity contribution in [3.8, 4) is 0 Å². The molecule has 0 bridgehead atoms. The maximum absolute atomic E-state index is 2.66. The normalized spacial score (nSPS) is 31.1. The SMILES string of the molecule is CC.CC.CCC1=CC(CC2CCC(C)CC2)CC(CC)C1. The Morgan fingerprint density at radius 3 is 2.00 bits per heavy atom. The van der Waals surface area contributed by atoms with Crippen LogP contribution in [-0.4, -0.2) is 0 Å². The average Bonchev–Trinajstić information content (AvgIpc) is 2.60. The molecule has 1 saturated carbocycles. The summed E-state index contributed by atoms with van der Waals surface area (Å²) in [5, 5.41) is 0. The topological polar surface area (TPSA) is 0 Å². The third-order valence-electron chi connectivity index (χ3n) is 5.46. The van der Waals surface area contributed by atoms with Gasteiger partial charge in [0.25, 0.3) is 0 Å². The van der Waals surface area contributed by atoms with E-state index in [0.29, 0.717) is 0 Å². The molecule has 0 saturated heterocycles. The summed E-state index contributed by atoms with van der Waals surface area (Å²) in [6.45, 7) is 15.1. The molecule has 0 radical (unpaired) electrons. The van der Waals surface area contributed by atoms with Gasteiger partial charge in [0.2, 0.25) is 0 Å². The Kier molecular flexibility index (Phi) is 13.0. The zero-order chi connectivity index (χ0) is 17.0. The van der Waals surface area contributed by atoms with E-state index in [1.807, 2.05) is 27.7 Å². The van der Waals surface area contributed by atoms with E-state index in [2.05, 4.69) is 26.8 Å². The lowest BCUT2D eigenvalue weighted by Crippen LogP contribution is -2.19. The molecule has 0 amide bonds. The minimum Gasteiger partial charge on any atom is -0.0822 e. The van der Waals surface area contributed by atoms with Gasteiger partial charge in [-0.3, -0.25) is 0 Å². The van der Waals surface area contributed by atoms with E-state index < -0.39 is 0 Å². The maximum atomic E-state index is 2.66. The van der Waals surface area contributed by atoms with Gasteiger partial charge in [-0.1, -0.05) is 92.2 Å². The quantitative estimate of drug-likeness (QED) is 0.461. The first-order chi connectivity index (χ1) is 10.7. The molecule has 2 rings (SSSR count). The van der Waals surface area contributed by atoms with Crippen molar-refractivity contribution >= 4 is 0 Å². The standard InChI is InChI=1S/C18H32.2C2H6/c1-4-15-10-16(5-2)12-18(11-15)13-17-8-6-14(3)7-9-17;2*1-2/h11,14,16-18H,4-10,12-13H2,1-3H3;2*1-2H3. The van der Waals surface area contributed by atoms with Crippen molar-refractivity contribution < 1.29 is 0 Å². The second kappa shape index (κ2) is 13.2. The highest BCUT2D eigenvalue weighted by Gasteiger charge is 2.25. The molecule has 0 aromatic carbocycles. The van der Waals surface area contributed by atoms with Crippen LogP contribution < -0.4 is 0 Å². The fourth-order valence-electron chi connectivity index (χ4n) is 4.08. The van der Waals surface area contributed by atoms with Crippen molar-refractivity contribution in [1.82, 2.24) is 0 Å². The Labute approximate surface area is 142 Å². The first-order valence-corrected chi connectivity index (χ1v) is 10.4. The maximum Gasteiger partial charge on any atom is -0.0225 e. The molecule has 2 atom stereocenters. The summed E-state index contributed by atoms with van der Waals surface area (Å²) in [4.78, 5) is 0. The zero-order valence-electron chi connectivity index (χ0n) is 16.8. The van der Waals surface area contributed by atoms with Gasteiger partial charge in [-0.2, -0.15) is 0 Å². The van der Waals surface area contributed by atoms with E-state index >= 15 is 0 Å². The number of rotatable bonds is 4. The number of allylic oxidation sites excluding steroid dienone is 2. The predicted octanol–water partition coefficient (Wildman–Crippen LogP) is 8.03. The second-order valence-electron chi connectivity index (χ2n) is 7.01. The Morgan fingerprint density at radius 2 is 1.50 bits per heavy atom. The highest BCUT2D eigenvalue weighted by Crippen LogP contribution is 2.38. The molecule has 0 spiro atoms. The lowest BCUT2D eigenvalue weighted by atomic mass is 9.73. The first kappa shape index (κ1) is 21.7. The lowest BCUT2D eigenvalue weighted by molar-refractivity contribution is 0.238. The minimum atomic E-state index is 0.914. The third-order valence-corrected chi connectivity index (χ3v) is 5.46. The van der Waals surface area contributed by atoms with Crippen LogP contribution in [0.15, 0.2) is 11.6 Å². The summed E-state index contributed by atoms with van der Waals surface area (Å²) in [5.74, 6) is 3.93. The van der Waals surface area contributed by atoms with E-state index in [1.54, 1.807) is 5.57 Å². The largest absolute Gasteiger partial charge is 0.0822 e. The summed E-state index contributed by atoms with van der Waals surface area (Å²) in [6, 6.07) is 0. The van der Waals surface area contributed by atoms with Crippen molar-refractivity contribution in [1.29, 1.82) is 0 Å². The Hall–Kier alpha value is -0.260. The highest BCUT2D eigenvalue weighted by molar-refractivity contribution is 5.09. The molecule has 2 aliphatic rings. The van der Waals surface area contributed by atoms with Crippen molar-refractivity contribution in [3.05, 3.63) is 11.6 Å². The molecule has 0 heterocycles. The Bertz CT molecular complexity index is 268. The molecule has 0 N–H and O–H groups in total. The zero-order valence-corrected chi connectivity index (χ0v) is 16.8. The van der Waals surface area contributed by atoms with Crippen molar-refractivity contribution in [2.45, 2.75) is 106 Å². The van der Waals surface area contributed by atoms with Crippen molar-refractivity contribution in [2.24, 2.45) is 23.7 Å². The van der Waals surface area contributed by atoms with Crippen molar-refractivity contribution in [2.75, 3.05) is 0 Å². The molecule has 1 fully saturated rings.